The third-order valence-corrected chi connectivity index (χ3v) is 5.99. The summed E-state index contributed by atoms with van der Waals surface area (Å²) in [5, 5.41) is 20.1. The van der Waals surface area contributed by atoms with Gasteiger partial charge in [-0.25, -0.2) is 0 Å². The van der Waals surface area contributed by atoms with Crippen molar-refractivity contribution >= 4 is 51.2 Å². The number of benzene rings is 3. The van der Waals surface area contributed by atoms with Gasteiger partial charge in [0.25, 0.3) is 0 Å². The Morgan fingerprint density at radius 2 is 1.70 bits per heavy atom. The number of hydrogen-bond acceptors (Lipinski definition) is 4. The number of hydrogen-bond donors (Lipinski definition) is 2. The van der Waals surface area contributed by atoms with Crippen LogP contribution in [0.2, 0.25) is 5.02 Å². The molecule has 6 heteroatoms. The molecule has 0 bridgehead atoms. The van der Waals surface area contributed by atoms with Gasteiger partial charge in [0.2, 0.25) is 0 Å². The third kappa shape index (κ3) is 4.95. The Morgan fingerprint density at radius 1 is 1.00 bits per heavy atom. The molecule has 0 saturated carbocycles. The molecule has 0 spiro atoms. The second kappa shape index (κ2) is 8.65. The molecule has 0 amide bonds. The van der Waals surface area contributed by atoms with Crippen molar-refractivity contribution in [3.63, 3.8) is 0 Å². The Balaban J connectivity index is 2.05. The quantitative estimate of drug-likeness (QED) is 0.258. The monoisotopic (exact) mass is 460 g/mol. The van der Waals surface area contributed by atoms with Crippen molar-refractivity contribution in [2.75, 3.05) is 0 Å². The van der Waals surface area contributed by atoms with E-state index < -0.39 is 0 Å². The maximum atomic E-state index is 13.1. The fraction of sp³-hybridized carbons (Fsp3) is 0. The molecule has 0 unspecified atom stereocenters. The Hall–Kier alpha value is -2.21. The van der Waals surface area contributed by atoms with E-state index in [0.717, 1.165) is 9.37 Å². The van der Waals surface area contributed by atoms with Gasteiger partial charge in [-0.15, -0.1) is 0 Å². The lowest BCUT2D eigenvalue weighted by Crippen LogP contribution is -2.01. The maximum Gasteiger partial charge on any atom is 0.199 e. The summed E-state index contributed by atoms with van der Waals surface area (Å²) in [6.07, 6.45) is 1.61. The molecule has 0 aliphatic carbocycles. The fourth-order valence-electron chi connectivity index (χ4n) is 2.33. The van der Waals surface area contributed by atoms with E-state index in [-0.39, 0.29) is 17.3 Å². The number of allylic oxidation sites excluding steroid dienone is 1. The topological polar surface area (TPSA) is 57.5 Å². The predicted molar refractivity (Wildman–Crippen MR) is 114 cm³/mol. The molecule has 27 heavy (non-hydrogen) atoms. The van der Waals surface area contributed by atoms with Crippen LogP contribution < -0.4 is 0 Å². The second-order valence-corrected chi connectivity index (χ2v) is 7.99. The van der Waals surface area contributed by atoms with Crippen molar-refractivity contribution in [1.29, 1.82) is 0 Å². The van der Waals surface area contributed by atoms with Crippen LogP contribution in [-0.2, 0) is 0 Å². The maximum absolute atomic E-state index is 13.1. The summed E-state index contributed by atoms with van der Waals surface area (Å²) in [6, 6.07) is 18.5. The van der Waals surface area contributed by atoms with Gasteiger partial charge in [0.05, 0.1) is 4.91 Å². The first-order valence-electron chi connectivity index (χ1n) is 7.90. The largest absolute Gasteiger partial charge is 0.508 e. The first kappa shape index (κ1) is 19.5. The summed E-state index contributed by atoms with van der Waals surface area (Å²) in [6.45, 7) is 0. The van der Waals surface area contributed by atoms with Crippen LogP contribution in [0.15, 0.2) is 81.0 Å². The number of thioether (sulfide) groups is 1. The van der Waals surface area contributed by atoms with Gasteiger partial charge < -0.3 is 10.2 Å². The molecule has 3 aromatic rings. The van der Waals surface area contributed by atoms with Crippen molar-refractivity contribution < 1.29 is 15.0 Å². The van der Waals surface area contributed by atoms with Crippen molar-refractivity contribution in [3.05, 3.63) is 92.3 Å². The van der Waals surface area contributed by atoms with Gasteiger partial charge >= 0.3 is 0 Å². The first-order chi connectivity index (χ1) is 12.9. The number of phenols is 2. The summed E-state index contributed by atoms with van der Waals surface area (Å²) in [4.78, 5) is 14.4. The summed E-state index contributed by atoms with van der Waals surface area (Å²) in [7, 11) is 0. The minimum Gasteiger partial charge on any atom is -0.508 e. The molecule has 0 atom stereocenters. The van der Waals surface area contributed by atoms with Crippen molar-refractivity contribution in [3.8, 4) is 11.5 Å². The Bertz CT molecular complexity index is 1020. The van der Waals surface area contributed by atoms with Crippen LogP contribution >= 0.6 is 39.3 Å². The number of rotatable bonds is 5. The molecule has 0 aromatic heterocycles. The third-order valence-electron chi connectivity index (χ3n) is 3.69. The molecule has 0 aliphatic rings. The van der Waals surface area contributed by atoms with Crippen molar-refractivity contribution in [1.82, 2.24) is 0 Å². The highest BCUT2D eigenvalue weighted by Gasteiger charge is 2.16. The molecular formula is C21H14BrClO3S. The molecule has 136 valence electrons. The lowest BCUT2D eigenvalue weighted by Gasteiger charge is -2.10. The molecule has 3 nitrogen and oxygen atoms in total. The highest BCUT2D eigenvalue weighted by atomic mass is 79.9. The number of phenolic OH excluding ortho intramolecular Hbond substituents is 2. The summed E-state index contributed by atoms with van der Waals surface area (Å²) in [5.74, 6) is -0.349. The van der Waals surface area contributed by atoms with Crippen LogP contribution in [0.25, 0.3) is 6.08 Å². The molecule has 2 N–H and O–H groups in total. The number of carbonyl (C=O) groups is 1. The normalized spacial score (nSPS) is 11.4. The predicted octanol–water partition coefficient (Wildman–Crippen LogP) is 6.53. The number of ketones is 1. The summed E-state index contributed by atoms with van der Waals surface area (Å²) >= 11 is 10.7. The zero-order valence-electron chi connectivity index (χ0n) is 13.9. The van der Waals surface area contributed by atoms with Gasteiger partial charge in [0.1, 0.15) is 11.5 Å². The first-order valence-corrected chi connectivity index (χ1v) is 9.89. The van der Waals surface area contributed by atoms with Gasteiger partial charge in [-0.2, -0.15) is 0 Å². The van der Waals surface area contributed by atoms with Gasteiger partial charge in [-0.1, -0.05) is 35.5 Å². The Morgan fingerprint density at radius 3 is 2.37 bits per heavy atom. The lowest BCUT2D eigenvalue weighted by atomic mass is 10.1. The minimum atomic E-state index is -0.195. The van der Waals surface area contributed by atoms with Crippen LogP contribution in [0.5, 0.6) is 11.5 Å². The fourth-order valence-corrected chi connectivity index (χ4v) is 3.93. The molecule has 3 aromatic carbocycles. The van der Waals surface area contributed by atoms with Crippen molar-refractivity contribution in [2.45, 2.75) is 4.90 Å². The average Bonchev–Trinajstić information content (AvgIpc) is 2.65. The number of Topliss-reactive ketones (excluding diaryl/α,β-unsaturated/α-hetero) is 1. The standard InChI is InChI=1S/C21H14BrClO3S/c22-17-3-1-2-4-19(17)27-20(11-14-7-10-16(24)12-18(14)25)21(26)13-5-8-15(23)9-6-13/h1-12,24-25H/b20-11+. The van der Waals surface area contributed by atoms with Crippen LogP contribution in [-0.4, -0.2) is 16.0 Å². The number of halogens is 2. The molecule has 0 saturated heterocycles. The molecular weight excluding hydrogens is 448 g/mol. The Labute approximate surface area is 174 Å². The van der Waals surface area contributed by atoms with Gasteiger partial charge in [0.15, 0.2) is 5.78 Å². The second-order valence-electron chi connectivity index (χ2n) is 5.62. The minimum absolute atomic E-state index is 0.0475. The van der Waals surface area contributed by atoms with Crippen LogP contribution in [0.3, 0.4) is 0 Å². The number of carbonyl (C=O) groups excluding carboxylic acids is 1. The smallest absolute Gasteiger partial charge is 0.199 e. The highest BCUT2D eigenvalue weighted by Crippen LogP contribution is 2.37. The summed E-state index contributed by atoms with van der Waals surface area (Å²) in [5.41, 5.74) is 0.924. The molecule has 0 radical (unpaired) electrons. The molecule has 0 fully saturated rings. The number of aromatic hydroxyl groups is 2. The van der Waals surface area contributed by atoms with E-state index in [4.69, 9.17) is 11.6 Å². The van der Waals surface area contributed by atoms with Gasteiger partial charge in [-0.05, 0) is 70.5 Å². The van der Waals surface area contributed by atoms with E-state index in [1.54, 1.807) is 36.4 Å². The van der Waals surface area contributed by atoms with Crippen LogP contribution in [0, 0.1) is 0 Å². The van der Waals surface area contributed by atoms with E-state index in [0.29, 0.717) is 21.1 Å². The van der Waals surface area contributed by atoms with E-state index in [9.17, 15) is 15.0 Å². The summed E-state index contributed by atoms with van der Waals surface area (Å²) < 4.78 is 0.861. The van der Waals surface area contributed by atoms with E-state index in [1.807, 2.05) is 24.3 Å². The zero-order valence-corrected chi connectivity index (χ0v) is 17.1. The average molecular weight is 462 g/mol. The van der Waals surface area contributed by atoms with E-state index in [2.05, 4.69) is 15.9 Å². The zero-order chi connectivity index (χ0) is 19.4. The molecule has 0 aliphatic heterocycles. The SMILES string of the molecule is O=C(/C(=C\c1ccc(O)cc1O)Sc1ccccc1Br)c1ccc(Cl)cc1. The molecule has 3 rings (SSSR count). The van der Waals surface area contributed by atoms with E-state index in [1.165, 1.54) is 23.9 Å². The molecule has 0 heterocycles. The van der Waals surface area contributed by atoms with Crippen molar-refractivity contribution in [2.24, 2.45) is 0 Å². The van der Waals surface area contributed by atoms with Gasteiger partial charge in [0, 0.05) is 31.6 Å². The van der Waals surface area contributed by atoms with Crippen LogP contribution in [0.4, 0.5) is 0 Å². The van der Waals surface area contributed by atoms with Gasteiger partial charge in [-0.3, -0.25) is 4.79 Å². The highest BCUT2D eigenvalue weighted by molar-refractivity contribution is 9.10. The van der Waals surface area contributed by atoms with Crippen LogP contribution in [0.1, 0.15) is 15.9 Å². The van der Waals surface area contributed by atoms with E-state index >= 15 is 0 Å². The lowest BCUT2D eigenvalue weighted by molar-refractivity contribution is 0.104. The Kier molecular flexibility index (Phi) is 6.26.